The summed E-state index contributed by atoms with van der Waals surface area (Å²) in [6.07, 6.45) is 0. The Morgan fingerprint density at radius 1 is 0.347 bits per heavy atom. The van der Waals surface area contributed by atoms with Gasteiger partial charge in [-0.1, -0.05) is 164 Å². The van der Waals surface area contributed by atoms with Crippen LogP contribution in [0.1, 0.15) is 6.85 Å². The second kappa shape index (κ2) is 11.1. The molecule has 0 atom stereocenters. The van der Waals surface area contributed by atoms with Crippen LogP contribution in [-0.4, -0.2) is 0 Å². The molecule has 0 saturated heterocycles. The first-order valence-corrected chi connectivity index (χ1v) is 16.4. The molecular formula is C48H30O. The Bertz CT molecular complexity index is 3060. The summed E-state index contributed by atoms with van der Waals surface area (Å²) in [6.45, 7) is 0. The van der Waals surface area contributed by atoms with Crippen LogP contribution in [0.4, 0.5) is 0 Å². The minimum absolute atomic E-state index is 0.198. The van der Waals surface area contributed by atoms with Gasteiger partial charge in [0.1, 0.15) is 11.2 Å². The Balaban J connectivity index is 1.19. The van der Waals surface area contributed by atoms with Gasteiger partial charge in [-0.3, -0.25) is 0 Å². The van der Waals surface area contributed by atoms with Gasteiger partial charge in [0.25, 0.3) is 0 Å². The monoisotopic (exact) mass is 627 g/mol. The molecule has 0 N–H and O–H groups in total. The van der Waals surface area contributed by atoms with Crippen molar-refractivity contribution in [1.29, 1.82) is 0 Å². The summed E-state index contributed by atoms with van der Waals surface area (Å²) in [4.78, 5) is 0. The van der Waals surface area contributed by atoms with E-state index in [1.54, 1.807) is 0 Å². The van der Waals surface area contributed by atoms with Gasteiger partial charge in [-0.25, -0.2) is 0 Å². The molecule has 0 aliphatic rings. The Hall–Kier alpha value is -6.44. The molecule has 0 unspecified atom stereocenters. The molecule has 49 heavy (non-hydrogen) atoms. The van der Waals surface area contributed by atoms with Gasteiger partial charge in [-0.05, 0) is 89.6 Å². The smallest absolute Gasteiger partial charge is 0.143 e. The molecule has 10 aromatic rings. The Morgan fingerprint density at radius 2 is 0.878 bits per heavy atom. The maximum absolute atomic E-state index is 8.50. The van der Waals surface area contributed by atoms with Crippen LogP contribution in [-0.2, 0) is 0 Å². The van der Waals surface area contributed by atoms with Crippen LogP contribution in [0.15, 0.2) is 186 Å². The van der Waals surface area contributed by atoms with Crippen LogP contribution >= 0.6 is 0 Å². The Labute approximate surface area is 291 Å². The molecule has 10 rings (SSSR count). The van der Waals surface area contributed by atoms with Gasteiger partial charge in [-0.2, -0.15) is 0 Å². The van der Waals surface area contributed by atoms with E-state index in [4.69, 9.17) is 11.3 Å². The second-order valence-electron chi connectivity index (χ2n) is 12.4. The maximum Gasteiger partial charge on any atom is 0.143 e. The molecule has 0 bridgehead atoms. The highest BCUT2D eigenvalue weighted by Crippen LogP contribution is 2.46. The van der Waals surface area contributed by atoms with Crippen LogP contribution in [0.3, 0.4) is 0 Å². The molecule has 1 aromatic heterocycles. The van der Waals surface area contributed by atoms with Gasteiger partial charge in [0.15, 0.2) is 0 Å². The van der Waals surface area contributed by atoms with Crippen molar-refractivity contribution >= 4 is 54.3 Å². The number of rotatable bonds is 4. The van der Waals surface area contributed by atoms with Gasteiger partial charge in [-0.15, -0.1) is 0 Å². The van der Waals surface area contributed by atoms with Gasteiger partial charge in [0.05, 0.1) is 6.85 Å². The summed E-state index contributed by atoms with van der Waals surface area (Å²) < 4.78 is 48.0. The van der Waals surface area contributed by atoms with E-state index in [1.807, 2.05) is 30.3 Å². The minimum Gasteiger partial charge on any atom is -0.455 e. The van der Waals surface area contributed by atoms with E-state index in [0.717, 1.165) is 82.1 Å². The van der Waals surface area contributed by atoms with Crippen molar-refractivity contribution in [3.63, 3.8) is 0 Å². The van der Waals surface area contributed by atoms with Crippen molar-refractivity contribution in [1.82, 2.24) is 0 Å². The van der Waals surface area contributed by atoms with Crippen LogP contribution in [0.5, 0.6) is 0 Å². The van der Waals surface area contributed by atoms with E-state index in [-0.39, 0.29) is 29.7 Å². The fraction of sp³-hybridized carbons (Fsp3) is 0. The third-order valence-electron chi connectivity index (χ3n) is 9.74. The molecule has 1 nitrogen and oxygen atoms in total. The highest BCUT2D eigenvalue weighted by atomic mass is 16.3. The molecule has 0 fully saturated rings. The molecule has 0 amide bonds. The lowest BCUT2D eigenvalue weighted by Crippen LogP contribution is -1.91. The topological polar surface area (TPSA) is 13.1 Å². The van der Waals surface area contributed by atoms with E-state index in [2.05, 4.69) is 121 Å². The molecule has 1 heteroatoms. The van der Waals surface area contributed by atoms with E-state index >= 15 is 0 Å². The van der Waals surface area contributed by atoms with Crippen molar-refractivity contribution in [3.8, 4) is 44.5 Å². The third-order valence-corrected chi connectivity index (χ3v) is 9.74. The molecule has 0 aliphatic heterocycles. The minimum atomic E-state index is -0.395. The third kappa shape index (κ3) is 4.40. The van der Waals surface area contributed by atoms with Gasteiger partial charge < -0.3 is 4.42 Å². The molecule has 0 saturated carbocycles. The van der Waals surface area contributed by atoms with Crippen molar-refractivity contribution in [2.75, 3.05) is 0 Å². The number of hydrogen-bond acceptors (Lipinski definition) is 1. The summed E-state index contributed by atoms with van der Waals surface area (Å²) in [7, 11) is 0. The molecule has 228 valence electrons. The lowest BCUT2D eigenvalue weighted by Gasteiger charge is -2.18. The Kier molecular flexibility index (Phi) is 5.20. The molecular weight excluding hydrogens is 593 g/mol. The van der Waals surface area contributed by atoms with Crippen molar-refractivity contribution in [2.45, 2.75) is 0 Å². The molecule has 1 heterocycles. The van der Waals surface area contributed by atoms with Crippen LogP contribution in [0.25, 0.3) is 98.8 Å². The molecule has 0 aliphatic carbocycles. The average molecular weight is 628 g/mol. The van der Waals surface area contributed by atoms with Crippen LogP contribution < -0.4 is 0 Å². The first-order chi connectivity index (χ1) is 26.4. The summed E-state index contributed by atoms with van der Waals surface area (Å²) in [5.74, 6) is 0. The van der Waals surface area contributed by atoms with Gasteiger partial charge in [0.2, 0.25) is 0 Å². The van der Waals surface area contributed by atoms with Gasteiger partial charge in [0, 0.05) is 16.2 Å². The fourth-order valence-electron chi connectivity index (χ4n) is 7.56. The summed E-state index contributed by atoms with van der Waals surface area (Å²) >= 11 is 0. The summed E-state index contributed by atoms with van der Waals surface area (Å²) in [5, 5.41) is 8.80. The highest BCUT2D eigenvalue weighted by Gasteiger charge is 2.19. The average Bonchev–Trinajstić information content (AvgIpc) is 3.60. The van der Waals surface area contributed by atoms with E-state index in [0.29, 0.717) is 5.56 Å². The second-order valence-corrected chi connectivity index (χ2v) is 12.4. The van der Waals surface area contributed by atoms with Crippen molar-refractivity contribution in [2.24, 2.45) is 0 Å². The zero-order valence-electron chi connectivity index (χ0n) is 31.3. The van der Waals surface area contributed by atoms with E-state index < -0.39 is 6.04 Å². The maximum atomic E-state index is 8.50. The standard InChI is InChI=1S/C48H30O/c1-3-13-31(14-4-1)32-23-25-34(26-24-32)46-37-18-8-10-20-39(37)47(40-21-11-9-19-38(40)46)35-27-28-45-43(29-35)44-30-42(33-15-5-2-6-16-33)36-17-7-12-22-41(36)48(44)49-45/h1-30H/i1D,3D,4D,13D,14D. The van der Waals surface area contributed by atoms with Crippen LogP contribution in [0, 0.1) is 0 Å². The first kappa shape index (κ1) is 23.0. The van der Waals surface area contributed by atoms with Gasteiger partial charge >= 0.3 is 0 Å². The lowest BCUT2D eigenvalue weighted by molar-refractivity contribution is 0.673. The van der Waals surface area contributed by atoms with Crippen molar-refractivity contribution < 1.29 is 11.3 Å². The first-order valence-electron chi connectivity index (χ1n) is 18.9. The quantitative estimate of drug-likeness (QED) is 0.177. The molecule has 0 spiro atoms. The van der Waals surface area contributed by atoms with Crippen molar-refractivity contribution in [3.05, 3.63) is 182 Å². The number of benzene rings is 9. The zero-order valence-corrected chi connectivity index (χ0v) is 26.3. The largest absolute Gasteiger partial charge is 0.455 e. The SMILES string of the molecule is [2H]c1c([2H])c([2H])c(-c2ccc(-c3c4ccccc4c(-c4ccc5oc6c7ccccc7c(-c7ccccc7)cc6c5c4)c4ccccc34)cc2)c([2H])c1[2H]. The van der Waals surface area contributed by atoms with E-state index in [1.165, 1.54) is 5.56 Å². The molecule has 0 radical (unpaired) electrons. The summed E-state index contributed by atoms with van der Waals surface area (Å²) in [5.41, 5.74) is 9.11. The highest BCUT2D eigenvalue weighted by molar-refractivity contribution is 6.23. The predicted molar refractivity (Wildman–Crippen MR) is 208 cm³/mol. The Morgan fingerprint density at radius 3 is 1.53 bits per heavy atom. The lowest BCUT2D eigenvalue weighted by atomic mass is 9.85. The predicted octanol–water partition coefficient (Wildman–Crippen LogP) is 13.7. The van der Waals surface area contributed by atoms with E-state index in [9.17, 15) is 0 Å². The zero-order chi connectivity index (χ0) is 36.7. The fourth-order valence-corrected chi connectivity index (χ4v) is 7.56. The summed E-state index contributed by atoms with van der Waals surface area (Å²) in [6, 6.07) is 50.9. The number of hydrogen-bond donors (Lipinski definition) is 0. The number of furan rings is 1. The molecule has 9 aromatic carbocycles. The normalized spacial score (nSPS) is 13.1. The van der Waals surface area contributed by atoms with Crippen LogP contribution in [0.2, 0.25) is 0 Å². The number of fused-ring (bicyclic) bond motifs is 7.